The Morgan fingerprint density at radius 3 is 2.04 bits per heavy atom. The summed E-state index contributed by atoms with van der Waals surface area (Å²) in [5, 5.41) is 2.37. The highest BCUT2D eigenvalue weighted by atomic mass is 16.5. The summed E-state index contributed by atoms with van der Waals surface area (Å²) < 4.78 is 16.2. The predicted molar refractivity (Wildman–Crippen MR) is 230 cm³/mol. The van der Waals surface area contributed by atoms with Gasteiger partial charge in [-0.3, -0.25) is 4.57 Å². The van der Waals surface area contributed by atoms with Gasteiger partial charge in [0.1, 0.15) is 28.3 Å². The lowest BCUT2D eigenvalue weighted by Gasteiger charge is -2.41. The molecule has 4 aromatic carbocycles. The molecule has 0 N–H and O–H groups in total. The lowest BCUT2D eigenvalue weighted by atomic mass is 9.72. The van der Waals surface area contributed by atoms with Crippen molar-refractivity contribution in [3.63, 3.8) is 0 Å². The molecule has 55 heavy (non-hydrogen) atoms. The van der Waals surface area contributed by atoms with Gasteiger partial charge in [0.05, 0.1) is 11.2 Å². The molecule has 284 valence electrons. The minimum atomic E-state index is -0.314. The van der Waals surface area contributed by atoms with Crippen molar-refractivity contribution < 1.29 is 9.47 Å². The predicted octanol–water partition coefficient (Wildman–Crippen LogP) is 13.3. The van der Waals surface area contributed by atoms with Crippen LogP contribution in [-0.4, -0.2) is 26.6 Å². The average Bonchev–Trinajstić information content (AvgIpc) is 3.57. The molecule has 2 atom stereocenters. The molecule has 1 aliphatic carbocycles. The van der Waals surface area contributed by atoms with E-state index in [1.165, 1.54) is 45.2 Å². The summed E-state index contributed by atoms with van der Waals surface area (Å²) in [7, 11) is 0. The van der Waals surface area contributed by atoms with Crippen molar-refractivity contribution in [2.75, 3.05) is 0 Å². The number of rotatable bonds is 5. The third-order valence-electron chi connectivity index (χ3n) is 12.4. The van der Waals surface area contributed by atoms with Gasteiger partial charge in [-0.25, -0.2) is 9.98 Å². The molecule has 0 bridgehead atoms. The molecule has 0 amide bonds. The van der Waals surface area contributed by atoms with Crippen LogP contribution in [0, 0.1) is 27.7 Å². The van der Waals surface area contributed by atoms with Crippen LogP contribution in [0.15, 0.2) is 84.0 Å². The molecule has 0 unspecified atom stereocenters. The first-order valence-corrected chi connectivity index (χ1v) is 20.1. The van der Waals surface area contributed by atoms with Gasteiger partial charge < -0.3 is 9.47 Å². The van der Waals surface area contributed by atoms with Gasteiger partial charge in [-0.2, -0.15) is 0 Å². The van der Waals surface area contributed by atoms with Crippen molar-refractivity contribution in [3.05, 3.63) is 118 Å². The van der Waals surface area contributed by atoms with E-state index < -0.39 is 0 Å². The fraction of sp³-hybridized carbons (Fsp3) is 0.400. The highest BCUT2D eigenvalue weighted by Crippen LogP contribution is 2.48. The molecule has 0 radical (unpaired) electrons. The molecular formula is C50H57N3O2. The number of hydrogen-bond acceptors (Lipinski definition) is 4. The summed E-state index contributed by atoms with van der Waals surface area (Å²) >= 11 is 0. The highest BCUT2D eigenvalue weighted by molar-refractivity contribution is 6.08. The van der Waals surface area contributed by atoms with Crippen LogP contribution in [-0.2, 0) is 15.6 Å². The summed E-state index contributed by atoms with van der Waals surface area (Å²) in [4.78, 5) is 10.4. The van der Waals surface area contributed by atoms with Gasteiger partial charge in [-0.05, 0) is 159 Å². The van der Waals surface area contributed by atoms with Gasteiger partial charge in [0.15, 0.2) is 0 Å². The quantitative estimate of drug-likeness (QED) is 0.177. The van der Waals surface area contributed by atoms with Crippen LogP contribution in [0.2, 0.25) is 0 Å². The first-order valence-electron chi connectivity index (χ1n) is 20.1. The average molecular weight is 732 g/mol. The largest absolute Gasteiger partial charge is 0.469 e. The second-order valence-electron chi connectivity index (χ2n) is 19.0. The Balaban J connectivity index is 1.31. The van der Waals surface area contributed by atoms with E-state index in [-0.39, 0.29) is 22.0 Å². The van der Waals surface area contributed by atoms with Crippen molar-refractivity contribution in [3.8, 4) is 28.3 Å². The molecule has 6 aromatic rings. The fourth-order valence-corrected chi connectivity index (χ4v) is 9.01. The van der Waals surface area contributed by atoms with Crippen LogP contribution in [0.3, 0.4) is 0 Å². The normalized spacial score (nSPS) is 20.1. The van der Waals surface area contributed by atoms with Crippen LogP contribution >= 0.6 is 0 Å². The van der Waals surface area contributed by atoms with E-state index in [1.807, 2.05) is 6.20 Å². The van der Waals surface area contributed by atoms with Crippen LogP contribution in [0.25, 0.3) is 38.8 Å². The third kappa shape index (κ3) is 6.54. The zero-order valence-corrected chi connectivity index (χ0v) is 35.0. The topological polar surface area (TPSA) is 48.6 Å². The number of aryl methyl sites for hydroxylation is 4. The Morgan fingerprint density at radius 2 is 1.35 bits per heavy atom. The first kappa shape index (κ1) is 37.0. The van der Waals surface area contributed by atoms with E-state index in [0.717, 1.165) is 69.7 Å². The van der Waals surface area contributed by atoms with E-state index in [9.17, 15) is 0 Å². The summed E-state index contributed by atoms with van der Waals surface area (Å²) in [5.41, 5.74) is 13.1. The van der Waals surface area contributed by atoms with Crippen LogP contribution in [0.1, 0.15) is 120 Å². The fourth-order valence-electron chi connectivity index (χ4n) is 9.01. The van der Waals surface area contributed by atoms with Crippen molar-refractivity contribution in [1.29, 1.82) is 0 Å². The van der Waals surface area contributed by atoms with Crippen molar-refractivity contribution in [1.82, 2.24) is 9.55 Å². The van der Waals surface area contributed by atoms with Crippen LogP contribution in [0.5, 0.6) is 11.5 Å². The Bertz CT molecular complexity index is 2520. The third-order valence-corrected chi connectivity index (χ3v) is 12.4. The molecule has 0 saturated heterocycles. The molecule has 3 heterocycles. The number of hydrogen-bond donors (Lipinski definition) is 0. The second-order valence-corrected chi connectivity index (χ2v) is 19.0. The molecule has 1 aliphatic heterocycles. The highest BCUT2D eigenvalue weighted by Gasteiger charge is 2.53. The van der Waals surface area contributed by atoms with E-state index >= 15 is 0 Å². The van der Waals surface area contributed by atoms with Gasteiger partial charge in [0.25, 0.3) is 0 Å². The lowest BCUT2D eigenvalue weighted by molar-refractivity contribution is 0.000928. The van der Waals surface area contributed by atoms with Crippen molar-refractivity contribution >= 4 is 27.8 Å². The number of fused-ring (bicyclic) bond motifs is 4. The molecular weight excluding hydrogens is 675 g/mol. The minimum Gasteiger partial charge on any atom is -0.469 e. The van der Waals surface area contributed by atoms with Gasteiger partial charge >= 0.3 is 0 Å². The molecule has 8 rings (SSSR count). The number of aliphatic imine (C=N–C) groups is 1. The van der Waals surface area contributed by atoms with Crippen molar-refractivity contribution in [2.45, 2.75) is 131 Å². The molecule has 2 aliphatic rings. The number of ether oxygens (including phenoxy) is 2. The van der Waals surface area contributed by atoms with Gasteiger partial charge in [0, 0.05) is 28.6 Å². The molecule has 5 heteroatoms. The summed E-state index contributed by atoms with van der Waals surface area (Å²) in [6, 6.07) is 26.9. The lowest BCUT2D eigenvalue weighted by Crippen LogP contribution is -2.49. The maximum absolute atomic E-state index is 7.05. The van der Waals surface area contributed by atoms with E-state index in [1.54, 1.807) is 0 Å². The van der Waals surface area contributed by atoms with Gasteiger partial charge in [0.2, 0.25) is 5.90 Å². The smallest absolute Gasteiger partial charge is 0.217 e. The van der Waals surface area contributed by atoms with E-state index in [0.29, 0.717) is 5.90 Å². The molecule has 2 aromatic heterocycles. The Hall–Kier alpha value is -4.90. The van der Waals surface area contributed by atoms with Gasteiger partial charge in [-0.1, -0.05) is 71.7 Å². The number of benzene rings is 4. The standard InChI is InChI=1S/C50H57N3O2/c1-30-19-32(3)44(33(4)20-30)34-22-35(46-52-49(11)17-13-14-18-50(49,12)55-46)24-39(23-34)54-40-26-37(48(8,9)10)25-38(28-40)53-43-16-15-36(47(5,6)7)27-41(43)42-21-31(2)29-51-45(42)53/h15-16,19-29H,13-14,17-18H2,1-12H3/t49-,50+/m1/s1. The monoisotopic (exact) mass is 731 g/mol. The number of nitrogens with zero attached hydrogens (tertiary/aromatic N) is 3. The van der Waals surface area contributed by atoms with Crippen LogP contribution in [0.4, 0.5) is 0 Å². The Labute approximate surface area is 327 Å². The zero-order valence-electron chi connectivity index (χ0n) is 35.0. The van der Waals surface area contributed by atoms with Crippen LogP contribution < -0.4 is 4.74 Å². The van der Waals surface area contributed by atoms with E-state index in [2.05, 4.69) is 160 Å². The molecule has 0 spiro atoms. The van der Waals surface area contributed by atoms with Crippen molar-refractivity contribution in [2.24, 2.45) is 4.99 Å². The second kappa shape index (κ2) is 12.8. The number of pyridine rings is 1. The Kier molecular flexibility index (Phi) is 8.64. The SMILES string of the molecule is Cc1cc(C)c(-c2cc(Oc3cc(-n4c5ccc(C(C)(C)C)cc5c5cc(C)cnc54)cc(C(C)(C)C)c3)cc(C3=N[C@]4(C)CCCC[C@]4(C)O3)c2)c(C)c1. The molecule has 5 nitrogen and oxygen atoms in total. The molecule has 1 saturated carbocycles. The zero-order chi connectivity index (χ0) is 39.2. The minimum absolute atomic E-state index is 0.0264. The maximum atomic E-state index is 7.05. The summed E-state index contributed by atoms with van der Waals surface area (Å²) in [6.07, 6.45) is 6.35. The first-order chi connectivity index (χ1) is 25.8. The summed E-state index contributed by atoms with van der Waals surface area (Å²) in [6.45, 7) is 26.8. The summed E-state index contributed by atoms with van der Waals surface area (Å²) in [5.74, 6) is 2.25. The Morgan fingerprint density at radius 1 is 0.673 bits per heavy atom. The molecule has 1 fully saturated rings. The van der Waals surface area contributed by atoms with E-state index in [4.69, 9.17) is 19.5 Å². The maximum Gasteiger partial charge on any atom is 0.217 e. The van der Waals surface area contributed by atoms with Gasteiger partial charge in [-0.15, -0.1) is 0 Å². The number of aromatic nitrogens is 2.